The molecule has 0 radical (unpaired) electrons. The van der Waals surface area contributed by atoms with Gasteiger partial charge in [-0.1, -0.05) is 0 Å². The zero-order valence-electron chi connectivity index (χ0n) is 14.6. The Hall–Kier alpha value is -1.72. The molecule has 0 spiro atoms. The molecule has 24 heavy (non-hydrogen) atoms. The van der Waals surface area contributed by atoms with E-state index >= 15 is 0 Å². The molecule has 1 atom stereocenters. The Bertz CT molecular complexity index is 612. The van der Waals surface area contributed by atoms with Crippen LogP contribution in [0.5, 0.6) is 5.75 Å². The quantitative estimate of drug-likeness (QED) is 0.839. The van der Waals surface area contributed by atoms with Gasteiger partial charge in [0.1, 0.15) is 11.4 Å². The molecule has 1 aliphatic rings. The molecule has 0 bridgehead atoms. The average Bonchev–Trinajstić information content (AvgIpc) is 2.45. The summed E-state index contributed by atoms with van der Waals surface area (Å²) in [5, 5.41) is 0. The van der Waals surface area contributed by atoms with Gasteiger partial charge in [-0.05, 0) is 45.0 Å². The third-order valence-corrected chi connectivity index (χ3v) is 3.96. The molecule has 1 heterocycles. The van der Waals surface area contributed by atoms with Crippen LogP contribution in [0.2, 0.25) is 0 Å². The fourth-order valence-corrected chi connectivity index (χ4v) is 2.90. The molecule has 0 saturated carbocycles. The van der Waals surface area contributed by atoms with Gasteiger partial charge in [-0.25, -0.2) is 9.36 Å². The number of hydrogen-bond donors (Lipinski definition) is 1. The van der Waals surface area contributed by atoms with Gasteiger partial charge in [0.2, 0.25) is 0 Å². The maximum Gasteiger partial charge on any atom is 0.410 e. The second kappa shape index (κ2) is 7.03. The van der Waals surface area contributed by atoms with Gasteiger partial charge in [-0.15, -0.1) is 0 Å². The Morgan fingerprint density at radius 1 is 1.12 bits per heavy atom. The Kier molecular flexibility index (Phi) is 5.45. The maximum absolute atomic E-state index is 12.1. The normalized spacial score (nSPS) is 18.0. The van der Waals surface area contributed by atoms with Crippen LogP contribution < -0.4 is 9.42 Å². The molecule has 134 valence electrons. The van der Waals surface area contributed by atoms with Crippen LogP contribution in [0, 0.1) is 0 Å². The van der Waals surface area contributed by atoms with Gasteiger partial charge >= 0.3 is 13.7 Å². The highest BCUT2D eigenvalue weighted by Crippen LogP contribution is 2.38. The van der Waals surface area contributed by atoms with E-state index in [2.05, 4.69) is 4.90 Å². The van der Waals surface area contributed by atoms with Gasteiger partial charge in [0, 0.05) is 38.5 Å². The van der Waals surface area contributed by atoms with Crippen molar-refractivity contribution in [2.45, 2.75) is 26.4 Å². The second-order valence-corrected chi connectivity index (χ2v) is 8.63. The number of carbonyl (C=O) groups excluding carboxylic acids is 1. The van der Waals surface area contributed by atoms with Crippen molar-refractivity contribution in [1.82, 2.24) is 4.90 Å². The van der Waals surface area contributed by atoms with Crippen LogP contribution in [-0.2, 0) is 9.30 Å². The minimum atomic E-state index is -3.54. The summed E-state index contributed by atoms with van der Waals surface area (Å²) < 4.78 is 21.6. The van der Waals surface area contributed by atoms with E-state index in [4.69, 9.17) is 9.26 Å². The average molecular weight is 356 g/mol. The Balaban J connectivity index is 1.90. The van der Waals surface area contributed by atoms with E-state index in [0.717, 1.165) is 12.4 Å². The van der Waals surface area contributed by atoms with Crippen molar-refractivity contribution in [3.05, 3.63) is 24.3 Å². The standard InChI is InChI=1S/C16H25N2O5P/c1-16(2,3)22-15(19)18-11-9-17(10-12-18)13-5-7-14(8-6-13)23-24(4,20)21/h5-8H,9-12H2,1-4H3,(H,20,21). The summed E-state index contributed by atoms with van der Waals surface area (Å²) in [4.78, 5) is 25.1. The first-order chi connectivity index (χ1) is 11.0. The molecule has 1 aromatic rings. The van der Waals surface area contributed by atoms with Crippen molar-refractivity contribution in [2.24, 2.45) is 0 Å². The second-order valence-electron chi connectivity index (χ2n) is 6.84. The highest BCUT2D eigenvalue weighted by atomic mass is 31.2. The van der Waals surface area contributed by atoms with E-state index in [-0.39, 0.29) is 6.09 Å². The summed E-state index contributed by atoms with van der Waals surface area (Å²) in [5.74, 6) is 0.361. The van der Waals surface area contributed by atoms with Crippen LogP contribution in [-0.4, -0.2) is 54.3 Å². The van der Waals surface area contributed by atoms with E-state index in [1.54, 1.807) is 17.0 Å². The summed E-state index contributed by atoms with van der Waals surface area (Å²) in [6.07, 6.45) is -0.285. The number of amides is 1. The molecule has 1 N–H and O–H groups in total. The van der Waals surface area contributed by atoms with E-state index in [0.29, 0.717) is 31.9 Å². The largest absolute Gasteiger partial charge is 0.444 e. The van der Waals surface area contributed by atoms with Crippen LogP contribution in [0.25, 0.3) is 0 Å². The number of hydrogen-bond acceptors (Lipinski definition) is 5. The van der Waals surface area contributed by atoms with E-state index in [1.165, 1.54) is 0 Å². The predicted octanol–water partition coefficient (Wildman–Crippen LogP) is 2.94. The number of piperazine rings is 1. The third-order valence-electron chi connectivity index (χ3n) is 3.41. The highest BCUT2D eigenvalue weighted by molar-refractivity contribution is 7.52. The lowest BCUT2D eigenvalue weighted by Crippen LogP contribution is -2.50. The summed E-state index contributed by atoms with van der Waals surface area (Å²) in [6, 6.07) is 7.02. The van der Waals surface area contributed by atoms with Gasteiger partial charge < -0.3 is 24.0 Å². The molecule has 1 aromatic carbocycles. The van der Waals surface area contributed by atoms with E-state index in [9.17, 15) is 14.3 Å². The molecule has 8 heteroatoms. The smallest absolute Gasteiger partial charge is 0.410 e. The van der Waals surface area contributed by atoms with Gasteiger partial charge in [0.15, 0.2) is 0 Å². The van der Waals surface area contributed by atoms with Crippen molar-refractivity contribution >= 4 is 19.4 Å². The lowest BCUT2D eigenvalue weighted by Gasteiger charge is -2.36. The number of benzene rings is 1. The van der Waals surface area contributed by atoms with Crippen molar-refractivity contribution in [3.63, 3.8) is 0 Å². The van der Waals surface area contributed by atoms with E-state index < -0.39 is 13.2 Å². The first-order valence-corrected chi connectivity index (χ1v) is 9.89. The van der Waals surface area contributed by atoms with E-state index in [1.807, 2.05) is 32.9 Å². The summed E-state index contributed by atoms with van der Waals surface area (Å²) in [6.45, 7) is 9.29. The van der Waals surface area contributed by atoms with Crippen LogP contribution in [0.4, 0.5) is 10.5 Å². The first-order valence-electron chi connectivity index (χ1n) is 7.86. The number of anilines is 1. The fourth-order valence-electron chi connectivity index (χ4n) is 2.39. The molecule has 0 aliphatic carbocycles. The summed E-state index contributed by atoms with van der Waals surface area (Å²) >= 11 is 0. The van der Waals surface area contributed by atoms with Crippen LogP contribution in [0.3, 0.4) is 0 Å². The summed E-state index contributed by atoms with van der Waals surface area (Å²) in [7, 11) is -3.54. The molecular weight excluding hydrogens is 331 g/mol. The van der Waals surface area contributed by atoms with Gasteiger partial charge in [0.25, 0.3) is 0 Å². The number of nitrogens with zero attached hydrogens (tertiary/aromatic N) is 2. The highest BCUT2D eigenvalue weighted by Gasteiger charge is 2.26. The van der Waals surface area contributed by atoms with Crippen molar-refractivity contribution in [1.29, 1.82) is 0 Å². The van der Waals surface area contributed by atoms with Crippen molar-refractivity contribution in [3.8, 4) is 5.75 Å². The molecular formula is C16H25N2O5P. The minimum absolute atomic E-state index is 0.285. The fraction of sp³-hybridized carbons (Fsp3) is 0.562. The molecule has 7 nitrogen and oxygen atoms in total. The van der Waals surface area contributed by atoms with Gasteiger partial charge in [-0.2, -0.15) is 0 Å². The van der Waals surface area contributed by atoms with Crippen molar-refractivity contribution < 1.29 is 23.5 Å². The number of rotatable bonds is 3. The zero-order chi connectivity index (χ0) is 18.0. The molecule has 1 unspecified atom stereocenters. The van der Waals surface area contributed by atoms with Crippen LogP contribution >= 0.6 is 7.60 Å². The molecule has 1 amide bonds. The topological polar surface area (TPSA) is 79.3 Å². The SMILES string of the molecule is CC(C)(C)OC(=O)N1CCN(c2ccc(OP(C)(=O)O)cc2)CC1. The Morgan fingerprint density at radius 2 is 1.67 bits per heavy atom. The van der Waals surface area contributed by atoms with Crippen LogP contribution in [0.15, 0.2) is 24.3 Å². The van der Waals surface area contributed by atoms with Gasteiger partial charge in [0.05, 0.1) is 0 Å². The number of ether oxygens (including phenoxy) is 1. The lowest BCUT2D eigenvalue weighted by atomic mass is 10.2. The summed E-state index contributed by atoms with van der Waals surface area (Å²) in [5.41, 5.74) is 0.491. The monoisotopic (exact) mass is 356 g/mol. The zero-order valence-corrected chi connectivity index (χ0v) is 15.5. The molecule has 1 saturated heterocycles. The lowest BCUT2D eigenvalue weighted by molar-refractivity contribution is 0.0240. The van der Waals surface area contributed by atoms with Crippen molar-refractivity contribution in [2.75, 3.05) is 37.7 Å². The molecule has 0 aromatic heterocycles. The van der Waals surface area contributed by atoms with Crippen LogP contribution in [0.1, 0.15) is 20.8 Å². The van der Waals surface area contributed by atoms with Gasteiger partial charge in [-0.3, -0.25) is 0 Å². The Labute approximate surface area is 142 Å². The molecule has 1 aliphatic heterocycles. The first kappa shape index (κ1) is 18.6. The third kappa shape index (κ3) is 5.73. The molecule has 2 rings (SSSR count). The molecule has 1 fully saturated rings. The predicted molar refractivity (Wildman–Crippen MR) is 92.8 cm³/mol. The Morgan fingerprint density at radius 3 is 2.12 bits per heavy atom. The number of carbonyl (C=O) groups is 1. The maximum atomic E-state index is 12.1. The minimum Gasteiger partial charge on any atom is -0.444 e.